The molecule has 0 saturated heterocycles. The first-order chi connectivity index (χ1) is 10.5. The van der Waals surface area contributed by atoms with E-state index in [1.807, 2.05) is 44.2 Å². The van der Waals surface area contributed by atoms with Gasteiger partial charge in [0.25, 0.3) is 5.91 Å². The van der Waals surface area contributed by atoms with Crippen LogP contribution in [0.25, 0.3) is 0 Å². The molecule has 1 amide bonds. The summed E-state index contributed by atoms with van der Waals surface area (Å²) in [5, 5.41) is 11.7. The maximum Gasteiger partial charge on any atom is 0.356 e. The molecule has 6 heteroatoms. The van der Waals surface area contributed by atoms with Crippen LogP contribution in [0.4, 0.5) is 0 Å². The molecule has 2 aromatic rings. The summed E-state index contributed by atoms with van der Waals surface area (Å²) < 4.78 is 0. The third-order valence-electron chi connectivity index (χ3n) is 3.22. The van der Waals surface area contributed by atoms with E-state index in [-0.39, 0.29) is 29.3 Å². The van der Waals surface area contributed by atoms with Crippen molar-refractivity contribution in [1.29, 1.82) is 0 Å². The first-order valence-corrected chi connectivity index (χ1v) is 6.90. The van der Waals surface area contributed by atoms with Gasteiger partial charge in [-0.3, -0.25) is 4.79 Å². The van der Waals surface area contributed by atoms with Crippen molar-refractivity contribution in [3.05, 3.63) is 59.7 Å². The Morgan fingerprint density at radius 2 is 1.64 bits per heavy atom. The summed E-state index contributed by atoms with van der Waals surface area (Å²) in [5.41, 5.74) is 0.896. The first kappa shape index (κ1) is 15.6. The molecule has 0 saturated carbocycles. The molecule has 0 spiro atoms. The van der Waals surface area contributed by atoms with E-state index in [4.69, 9.17) is 5.11 Å². The van der Waals surface area contributed by atoms with Crippen LogP contribution in [0.15, 0.2) is 42.7 Å². The number of aromatic carboxylic acids is 1. The number of amides is 1. The van der Waals surface area contributed by atoms with Gasteiger partial charge in [-0.25, -0.2) is 14.8 Å². The van der Waals surface area contributed by atoms with Gasteiger partial charge in [0.15, 0.2) is 5.69 Å². The average molecular weight is 299 g/mol. The fourth-order valence-corrected chi connectivity index (χ4v) is 2.07. The topological polar surface area (TPSA) is 92.2 Å². The van der Waals surface area contributed by atoms with Gasteiger partial charge in [-0.05, 0) is 11.5 Å². The second-order valence-corrected chi connectivity index (χ2v) is 5.20. The molecule has 6 nitrogen and oxygen atoms in total. The number of nitrogens with zero attached hydrogens (tertiary/aromatic N) is 2. The SMILES string of the molecule is CC(C)C(NC(=O)c1cnc(C(=O)O)cn1)c1ccccc1. The number of nitrogens with one attached hydrogen (secondary N) is 1. The molecule has 22 heavy (non-hydrogen) atoms. The standard InChI is InChI=1S/C16H17N3O3/c1-10(2)14(11-6-4-3-5-7-11)19-15(20)12-8-18-13(9-17-12)16(21)22/h3-10,14H,1-2H3,(H,19,20)(H,21,22). The van der Waals surface area contributed by atoms with E-state index in [1.165, 1.54) is 6.20 Å². The number of benzene rings is 1. The van der Waals surface area contributed by atoms with Gasteiger partial charge in [-0.15, -0.1) is 0 Å². The van der Waals surface area contributed by atoms with E-state index in [2.05, 4.69) is 15.3 Å². The van der Waals surface area contributed by atoms with Crippen molar-refractivity contribution in [2.24, 2.45) is 5.92 Å². The number of hydrogen-bond acceptors (Lipinski definition) is 4. The predicted molar refractivity (Wildman–Crippen MR) is 80.5 cm³/mol. The molecule has 1 atom stereocenters. The first-order valence-electron chi connectivity index (χ1n) is 6.90. The fourth-order valence-electron chi connectivity index (χ4n) is 2.07. The number of carbonyl (C=O) groups is 2. The number of hydrogen-bond donors (Lipinski definition) is 2. The Kier molecular flexibility index (Phi) is 4.83. The Hall–Kier alpha value is -2.76. The number of carboxylic acid groups (broad SMARTS) is 1. The number of carboxylic acids is 1. The molecular formula is C16H17N3O3. The van der Waals surface area contributed by atoms with Crippen molar-refractivity contribution in [3.8, 4) is 0 Å². The largest absolute Gasteiger partial charge is 0.476 e. The van der Waals surface area contributed by atoms with Crippen molar-refractivity contribution in [2.75, 3.05) is 0 Å². The highest BCUT2D eigenvalue weighted by molar-refractivity contribution is 5.93. The molecule has 0 fully saturated rings. The third kappa shape index (κ3) is 3.66. The minimum Gasteiger partial charge on any atom is -0.476 e. The fraction of sp³-hybridized carbons (Fsp3) is 0.250. The molecule has 0 aliphatic rings. The van der Waals surface area contributed by atoms with Crippen LogP contribution < -0.4 is 5.32 Å². The molecule has 0 bridgehead atoms. The van der Waals surface area contributed by atoms with E-state index in [0.29, 0.717) is 0 Å². The number of aromatic nitrogens is 2. The van der Waals surface area contributed by atoms with Crippen LogP contribution in [0, 0.1) is 5.92 Å². The Morgan fingerprint density at radius 1 is 1.05 bits per heavy atom. The molecule has 0 aliphatic heterocycles. The van der Waals surface area contributed by atoms with Crippen LogP contribution >= 0.6 is 0 Å². The molecule has 2 N–H and O–H groups in total. The lowest BCUT2D eigenvalue weighted by atomic mass is 9.96. The Morgan fingerprint density at radius 3 is 2.14 bits per heavy atom. The maximum atomic E-state index is 12.3. The van der Waals surface area contributed by atoms with Crippen LogP contribution in [0.5, 0.6) is 0 Å². The van der Waals surface area contributed by atoms with Crippen molar-refractivity contribution in [1.82, 2.24) is 15.3 Å². The van der Waals surface area contributed by atoms with E-state index < -0.39 is 5.97 Å². The van der Waals surface area contributed by atoms with E-state index in [0.717, 1.165) is 11.8 Å². The van der Waals surface area contributed by atoms with Gasteiger partial charge in [-0.1, -0.05) is 44.2 Å². The zero-order valence-corrected chi connectivity index (χ0v) is 12.4. The lowest BCUT2D eigenvalue weighted by Crippen LogP contribution is -2.32. The lowest BCUT2D eigenvalue weighted by Gasteiger charge is -2.22. The van der Waals surface area contributed by atoms with Gasteiger partial charge in [0.1, 0.15) is 5.69 Å². The normalized spacial score (nSPS) is 12.0. The van der Waals surface area contributed by atoms with Crippen LogP contribution in [-0.4, -0.2) is 27.0 Å². The van der Waals surface area contributed by atoms with E-state index in [1.54, 1.807) is 0 Å². The summed E-state index contributed by atoms with van der Waals surface area (Å²) in [6, 6.07) is 9.48. The third-order valence-corrected chi connectivity index (χ3v) is 3.22. The molecule has 1 aromatic carbocycles. The Labute approximate surface area is 128 Å². The maximum absolute atomic E-state index is 12.3. The van der Waals surface area contributed by atoms with Gasteiger partial charge in [0.05, 0.1) is 18.4 Å². The van der Waals surface area contributed by atoms with Crippen LogP contribution in [-0.2, 0) is 0 Å². The van der Waals surface area contributed by atoms with Crippen LogP contribution in [0.1, 0.15) is 46.4 Å². The summed E-state index contributed by atoms with van der Waals surface area (Å²) in [4.78, 5) is 30.5. The van der Waals surface area contributed by atoms with Gasteiger partial charge in [-0.2, -0.15) is 0 Å². The van der Waals surface area contributed by atoms with Crippen molar-refractivity contribution < 1.29 is 14.7 Å². The molecule has 1 heterocycles. The second kappa shape index (κ2) is 6.80. The lowest BCUT2D eigenvalue weighted by molar-refractivity contribution is 0.0689. The molecule has 1 aromatic heterocycles. The minimum atomic E-state index is -1.18. The summed E-state index contributed by atoms with van der Waals surface area (Å²) >= 11 is 0. The van der Waals surface area contributed by atoms with Crippen molar-refractivity contribution >= 4 is 11.9 Å². The minimum absolute atomic E-state index is 0.0894. The molecule has 114 valence electrons. The number of rotatable bonds is 5. The zero-order valence-electron chi connectivity index (χ0n) is 12.4. The van der Waals surface area contributed by atoms with Crippen molar-refractivity contribution in [2.45, 2.75) is 19.9 Å². The summed E-state index contributed by atoms with van der Waals surface area (Å²) in [6.45, 7) is 4.02. The molecule has 0 radical (unpaired) electrons. The predicted octanol–water partition coefficient (Wildman–Crippen LogP) is 2.30. The average Bonchev–Trinajstić information content (AvgIpc) is 2.53. The summed E-state index contributed by atoms with van der Waals surface area (Å²) in [5.74, 6) is -1.37. The zero-order chi connectivity index (χ0) is 16.1. The molecule has 1 unspecified atom stereocenters. The number of carbonyl (C=O) groups excluding carboxylic acids is 1. The summed E-state index contributed by atoms with van der Waals surface area (Å²) in [7, 11) is 0. The van der Waals surface area contributed by atoms with Gasteiger partial charge >= 0.3 is 5.97 Å². The van der Waals surface area contributed by atoms with E-state index >= 15 is 0 Å². The quantitative estimate of drug-likeness (QED) is 0.883. The molecular weight excluding hydrogens is 282 g/mol. The van der Waals surface area contributed by atoms with Gasteiger partial charge in [0, 0.05) is 0 Å². The monoisotopic (exact) mass is 299 g/mol. The molecule has 0 aliphatic carbocycles. The highest BCUT2D eigenvalue weighted by Gasteiger charge is 2.20. The highest BCUT2D eigenvalue weighted by atomic mass is 16.4. The van der Waals surface area contributed by atoms with Crippen molar-refractivity contribution in [3.63, 3.8) is 0 Å². The van der Waals surface area contributed by atoms with Crippen LogP contribution in [0.2, 0.25) is 0 Å². The van der Waals surface area contributed by atoms with Crippen LogP contribution in [0.3, 0.4) is 0 Å². The Balaban J connectivity index is 2.16. The molecule has 2 rings (SSSR count). The van der Waals surface area contributed by atoms with Gasteiger partial charge < -0.3 is 10.4 Å². The van der Waals surface area contributed by atoms with E-state index in [9.17, 15) is 9.59 Å². The smallest absolute Gasteiger partial charge is 0.356 e. The van der Waals surface area contributed by atoms with Gasteiger partial charge in [0.2, 0.25) is 0 Å². The second-order valence-electron chi connectivity index (χ2n) is 5.20. The Bertz CT molecular complexity index is 654. The highest BCUT2D eigenvalue weighted by Crippen LogP contribution is 2.21. The summed E-state index contributed by atoms with van der Waals surface area (Å²) in [6.07, 6.45) is 2.24.